The number of aromatic nitrogens is 1. The molecule has 4 rings (SSSR count). The van der Waals surface area contributed by atoms with E-state index in [9.17, 15) is 9.59 Å². The molecule has 4 aromatic rings. The second-order valence-corrected chi connectivity index (χ2v) is 8.15. The molecule has 0 saturated carbocycles. The standard InChI is InChI=1S/C25H19Cl2NO4/c26-20-8-4-7-18(23(20)27)13-17-9-10-21-19(14-17)24(29)22(32-25(30)31)15-28(21)12-11-16-5-2-1-3-6-16/h1-10,14-15H,11-13H2,(H,30,31). The highest BCUT2D eigenvalue weighted by Crippen LogP contribution is 2.28. The van der Waals surface area contributed by atoms with Crippen LogP contribution in [0.5, 0.6) is 5.75 Å². The van der Waals surface area contributed by atoms with Crippen LogP contribution in [-0.4, -0.2) is 15.8 Å². The molecule has 32 heavy (non-hydrogen) atoms. The summed E-state index contributed by atoms with van der Waals surface area (Å²) in [7, 11) is 0. The number of hydrogen-bond donors (Lipinski definition) is 1. The molecule has 0 atom stereocenters. The average Bonchev–Trinajstić information content (AvgIpc) is 2.78. The van der Waals surface area contributed by atoms with E-state index in [0.29, 0.717) is 40.3 Å². The Kier molecular flexibility index (Phi) is 6.49. The van der Waals surface area contributed by atoms with Crippen molar-refractivity contribution in [3.8, 4) is 5.75 Å². The molecule has 0 radical (unpaired) electrons. The molecule has 7 heteroatoms. The van der Waals surface area contributed by atoms with Crippen LogP contribution in [0.1, 0.15) is 16.7 Å². The SMILES string of the molecule is O=C(O)Oc1cn(CCc2ccccc2)c2ccc(Cc3cccc(Cl)c3Cl)cc2c1=O. The lowest BCUT2D eigenvalue weighted by molar-refractivity contribution is 0.144. The molecule has 162 valence electrons. The first-order valence-corrected chi connectivity index (χ1v) is 10.7. The lowest BCUT2D eigenvalue weighted by atomic mass is 10.0. The van der Waals surface area contributed by atoms with Gasteiger partial charge in [0.1, 0.15) is 0 Å². The van der Waals surface area contributed by atoms with E-state index >= 15 is 0 Å². The van der Waals surface area contributed by atoms with E-state index in [2.05, 4.69) is 0 Å². The van der Waals surface area contributed by atoms with E-state index in [-0.39, 0.29) is 5.75 Å². The first kappa shape index (κ1) is 21.9. The summed E-state index contributed by atoms with van der Waals surface area (Å²) in [5.74, 6) is -0.226. The molecule has 1 N–H and O–H groups in total. The number of pyridine rings is 1. The van der Waals surface area contributed by atoms with E-state index in [0.717, 1.165) is 16.7 Å². The Labute approximate surface area is 194 Å². The summed E-state index contributed by atoms with van der Waals surface area (Å²) < 4.78 is 6.63. The third-order valence-corrected chi connectivity index (χ3v) is 6.08. The highest BCUT2D eigenvalue weighted by Gasteiger charge is 2.14. The molecule has 0 aliphatic rings. The van der Waals surface area contributed by atoms with Crippen molar-refractivity contribution in [2.75, 3.05) is 0 Å². The maximum Gasteiger partial charge on any atom is 0.511 e. The maximum absolute atomic E-state index is 13.0. The molecular formula is C25H19Cl2NO4. The van der Waals surface area contributed by atoms with Crippen molar-refractivity contribution >= 4 is 40.3 Å². The molecule has 1 aromatic heterocycles. The average molecular weight is 468 g/mol. The van der Waals surface area contributed by atoms with Crippen molar-refractivity contribution in [2.24, 2.45) is 0 Å². The molecule has 3 aromatic carbocycles. The Morgan fingerprint density at radius 3 is 2.50 bits per heavy atom. The Hall–Kier alpha value is -3.28. The van der Waals surface area contributed by atoms with Gasteiger partial charge < -0.3 is 14.4 Å². The summed E-state index contributed by atoms with van der Waals surface area (Å²) in [4.78, 5) is 24.1. The lowest BCUT2D eigenvalue weighted by Gasteiger charge is -2.14. The number of hydrogen-bond acceptors (Lipinski definition) is 3. The minimum absolute atomic E-state index is 0.226. The van der Waals surface area contributed by atoms with Gasteiger partial charge in [0, 0.05) is 11.9 Å². The van der Waals surface area contributed by atoms with Crippen LogP contribution in [0.25, 0.3) is 10.9 Å². The number of rotatable bonds is 6. The monoisotopic (exact) mass is 467 g/mol. The van der Waals surface area contributed by atoms with Crippen LogP contribution in [0.3, 0.4) is 0 Å². The number of nitrogens with zero attached hydrogens (tertiary/aromatic N) is 1. The van der Waals surface area contributed by atoms with Crippen LogP contribution >= 0.6 is 23.2 Å². The zero-order valence-corrected chi connectivity index (χ0v) is 18.4. The van der Waals surface area contributed by atoms with Crippen molar-refractivity contribution in [1.29, 1.82) is 0 Å². The Balaban J connectivity index is 1.76. The van der Waals surface area contributed by atoms with Gasteiger partial charge in [-0.05, 0) is 47.7 Å². The van der Waals surface area contributed by atoms with Crippen LogP contribution < -0.4 is 10.2 Å². The van der Waals surface area contributed by atoms with Crippen molar-refractivity contribution in [3.05, 3.63) is 110 Å². The fourth-order valence-electron chi connectivity index (χ4n) is 3.68. The van der Waals surface area contributed by atoms with E-state index in [1.807, 2.05) is 59.2 Å². The van der Waals surface area contributed by atoms with Crippen molar-refractivity contribution in [1.82, 2.24) is 4.57 Å². The van der Waals surface area contributed by atoms with Gasteiger partial charge in [0.2, 0.25) is 5.43 Å². The second-order valence-electron chi connectivity index (χ2n) is 7.36. The summed E-state index contributed by atoms with van der Waals surface area (Å²) in [5.41, 5.74) is 3.04. The summed E-state index contributed by atoms with van der Waals surface area (Å²) in [6.45, 7) is 0.552. The van der Waals surface area contributed by atoms with Crippen molar-refractivity contribution in [2.45, 2.75) is 19.4 Å². The number of benzene rings is 3. The molecule has 0 spiro atoms. The topological polar surface area (TPSA) is 68.5 Å². The van der Waals surface area contributed by atoms with Gasteiger partial charge in [0.05, 0.1) is 21.8 Å². The fraction of sp³-hybridized carbons (Fsp3) is 0.120. The predicted molar refractivity (Wildman–Crippen MR) is 126 cm³/mol. The molecule has 5 nitrogen and oxygen atoms in total. The van der Waals surface area contributed by atoms with E-state index in [1.165, 1.54) is 6.20 Å². The fourth-order valence-corrected chi connectivity index (χ4v) is 4.07. The number of halogens is 2. The van der Waals surface area contributed by atoms with E-state index in [4.69, 9.17) is 33.0 Å². The van der Waals surface area contributed by atoms with Crippen LogP contribution in [-0.2, 0) is 19.4 Å². The van der Waals surface area contributed by atoms with E-state index in [1.54, 1.807) is 12.1 Å². The number of aryl methyl sites for hydroxylation is 2. The van der Waals surface area contributed by atoms with Crippen LogP contribution in [0.2, 0.25) is 10.0 Å². The second kappa shape index (κ2) is 9.47. The maximum atomic E-state index is 13.0. The Morgan fingerprint density at radius 2 is 1.75 bits per heavy atom. The van der Waals surface area contributed by atoms with Gasteiger partial charge in [-0.1, -0.05) is 71.7 Å². The van der Waals surface area contributed by atoms with Gasteiger partial charge in [0.15, 0.2) is 5.75 Å². The van der Waals surface area contributed by atoms with Gasteiger partial charge in [-0.2, -0.15) is 0 Å². The molecule has 0 saturated heterocycles. The van der Waals surface area contributed by atoms with Gasteiger partial charge in [0.25, 0.3) is 0 Å². The molecule has 0 aliphatic carbocycles. The summed E-state index contributed by atoms with van der Waals surface area (Å²) >= 11 is 12.4. The van der Waals surface area contributed by atoms with E-state index < -0.39 is 11.6 Å². The van der Waals surface area contributed by atoms with Gasteiger partial charge >= 0.3 is 6.16 Å². The molecular weight excluding hydrogens is 449 g/mol. The zero-order valence-electron chi connectivity index (χ0n) is 16.9. The summed E-state index contributed by atoms with van der Waals surface area (Å²) in [5, 5.41) is 10.4. The van der Waals surface area contributed by atoms with Crippen LogP contribution in [0.4, 0.5) is 4.79 Å². The first-order valence-electron chi connectivity index (χ1n) is 9.96. The molecule has 0 fully saturated rings. The number of carboxylic acid groups (broad SMARTS) is 1. The number of carbonyl (C=O) groups is 1. The third-order valence-electron chi connectivity index (χ3n) is 5.22. The number of ether oxygens (including phenoxy) is 1. The Morgan fingerprint density at radius 1 is 0.969 bits per heavy atom. The molecule has 0 bridgehead atoms. The first-order chi connectivity index (χ1) is 15.4. The predicted octanol–water partition coefficient (Wildman–Crippen LogP) is 6.20. The normalized spacial score (nSPS) is 10.9. The van der Waals surface area contributed by atoms with Gasteiger partial charge in [-0.3, -0.25) is 4.79 Å². The highest BCUT2D eigenvalue weighted by atomic mass is 35.5. The third kappa shape index (κ3) is 4.79. The molecule has 0 aliphatic heterocycles. The van der Waals surface area contributed by atoms with Gasteiger partial charge in [-0.15, -0.1) is 0 Å². The number of fused-ring (bicyclic) bond motifs is 1. The van der Waals surface area contributed by atoms with Crippen LogP contribution in [0.15, 0.2) is 77.7 Å². The van der Waals surface area contributed by atoms with Gasteiger partial charge in [-0.25, -0.2) is 4.79 Å². The largest absolute Gasteiger partial charge is 0.511 e. The molecule has 1 heterocycles. The molecule has 0 unspecified atom stereocenters. The molecule has 0 amide bonds. The van der Waals surface area contributed by atoms with Crippen LogP contribution in [0, 0.1) is 0 Å². The quantitative estimate of drug-likeness (QED) is 0.342. The highest BCUT2D eigenvalue weighted by molar-refractivity contribution is 6.42. The summed E-state index contributed by atoms with van der Waals surface area (Å²) in [6.07, 6.45) is 1.11. The van der Waals surface area contributed by atoms with Crippen molar-refractivity contribution in [3.63, 3.8) is 0 Å². The lowest BCUT2D eigenvalue weighted by Crippen LogP contribution is -2.17. The summed E-state index contributed by atoms with van der Waals surface area (Å²) in [6, 6.07) is 20.9. The Bertz CT molecular complexity index is 1350. The zero-order chi connectivity index (χ0) is 22.7. The smallest absolute Gasteiger partial charge is 0.449 e. The minimum Gasteiger partial charge on any atom is -0.449 e. The minimum atomic E-state index is -1.53. The van der Waals surface area contributed by atoms with Crippen molar-refractivity contribution < 1.29 is 14.6 Å².